The molecule has 96 valence electrons. The van der Waals surface area contributed by atoms with E-state index in [1.807, 2.05) is 13.0 Å². The minimum absolute atomic E-state index is 0.235. The summed E-state index contributed by atoms with van der Waals surface area (Å²) in [5, 5.41) is 13.3. The van der Waals surface area contributed by atoms with Crippen molar-refractivity contribution in [3.8, 4) is 11.4 Å². The van der Waals surface area contributed by atoms with Crippen LogP contribution >= 0.6 is 0 Å². The molecule has 6 heteroatoms. The van der Waals surface area contributed by atoms with E-state index in [0.717, 1.165) is 17.5 Å². The van der Waals surface area contributed by atoms with Gasteiger partial charge in [-0.25, -0.2) is 0 Å². The fourth-order valence-electron chi connectivity index (χ4n) is 1.61. The SMILES string of the molecule is CCc1cnccc1-c1noc(C(N)C(C)O)n1. The van der Waals surface area contributed by atoms with Gasteiger partial charge in [-0.3, -0.25) is 4.98 Å². The standard InChI is InChI=1S/C12H16N4O2/c1-3-8-6-14-5-4-9(8)11-15-12(18-16-11)10(13)7(2)17/h4-7,10,17H,3,13H2,1-2H3. The number of nitrogens with zero attached hydrogens (tertiary/aromatic N) is 3. The Morgan fingerprint density at radius 2 is 2.28 bits per heavy atom. The molecule has 0 fully saturated rings. The second-order valence-electron chi connectivity index (χ2n) is 4.11. The molecule has 0 saturated carbocycles. The van der Waals surface area contributed by atoms with Crippen molar-refractivity contribution >= 4 is 0 Å². The average Bonchev–Trinajstić information content (AvgIpc) is 2.87. The first-order chi connectivity index (χ1) is 8.63. The molecule has 0 saturated heterocycles. The number of hydrogen-bond acceptors (Lipinski definition) is 6. The van der Waals surface area contributed by atoms with Crippen molar-refractivity contribution in [2.24, 2.45) is 5.73 Å². The highest BCUT2D eigenvalue weighted by atomic mass is 16.5. The summed E-state index contributed by atoms with van der Waals surface area (Å²) in [7, 11) is 0. The summed E-state index contributed by atoms with van der Waals surface area (Å²) in [6.07, 6.45) is 3.55. The lowest BCUT2D eigenvalue weighted by Crippen LogP contribution is -2.23. The lowest BCUT2D eigenvalue weighted by Gasteiger charge is -2.08. The van der Waals surface area contributed by atoms with E-state index < -0.39 is 12.1 Å². The van der Waals surface area contributed by atoms with Gasteiger partial charge in [0.25, 0.3) is 0 Å². The first-order valence-corrected chi connectivity index (χ1v) is 5.84. The summed E-state index contributed by atoms with van der Waals surface area (Å²) >= 11 is 0. The minimum atomic E-state index is -0.735. The molecule has 0 radical (unpaired) electrons. The van der Waals surface area contributed by atoms with Crippen LogP contribution < -0.4 is 5.73 Å². The fraction of sp³-hybridized carbons (Fsp3) is 0.417. The lowest BCUT2D eigenvalue weighted by atomic mass is 10.1. The first kappa shape index (κ1) is 12.7. The zero-order chi connectivity index (χ0) is 13.1. The lowest BCUT2D eigenvalue weighted by molar-refractivity contribution is 0.146. The Bertz CT molecular complexity index is 524. The van der Waals surface area contributed by atoms with E-state index in [1.165, 1.54) is 0 Å². The largest absolute Gasteiger partial charge is 0.391 e. The number of hydrogen-bond donors (Lipinski definition) is 2. The van der Waals surface area contributed by atoms with Crippen molar-refractivity contribution < 1.29 is 9.63 Å². The van der Waals surface area contributed by atoms with E-state index in [4.69, 9.17) is 10.3 Å². The molecule has 2 unspecified atom stereocenters. The molecule has 0 aliphatic rings. The van der Waals surface area contributed by atoms with Crippen molar-refractivity contribution in [2.45, 2.75) is 32.4 Å². The number of rotatable bonds is 4. The van der Waals surface area contributed by atoms with Crippen LogP contribution in [0.5, 0.6) is 0 Å². The van der Waals surface area contributed by atoms with Crippen molar-refractivity contribution in [3.05, 3.63) is 29.9 Å². The third kappa shape index (κ3) is 2.39. The molecule has 0 spiro atoms. The Kier molecular flexibility index (Phi) is 3.69. The smallest absolute Gasteiger partial charge is 0.246 e. The van der Waals surface area contributed by atoms with Gasteiger partial charge in [-0.1, -0.05) is 12.1 Å². The van der Waals surface area contributed by atoms with Gasteiger partial charge in [0.05, 0.1) is 6.10 Å². The predicted molar refractivity (Wildman–Crippen MR) is 65.5 cm³/mol. The molecule has 2 heterocycles. The van der Waals surface area contributed by atoms with Crippen LogP contribution in [0.3, 0.4) is 0 Å². The average molecular weight is 248 g/mol. The van der Waals surface area contributed by atoms with Crippen LogP contribution in [0, 0.1) is 0 Å². The van der Waals surface area contributed by atoms with Crippen LogP contribution in [-0.4, -0.2) is 26.3 Å². The van der Waals surface area contributed by atoms with Crippen LogP contribution in [0.2, 0.25) is 0 Å². The molecule has 0 aliphatic heterocycles. The summed E-state index contributed by atoms with van der Waals surface area (Å²) in [6.45, 7) is 3.61. The van der Waals surface area contributed by atoms with E-state index in [2.05, 4.69) is 15.1 Å². The summed E-state index contributed by atoms with van der Waals surface area (Å²) in [6, 6.07) is 1.17. The van der Waals surface area contributed by atoms with E-state index in [-0.39, 0.29) is 5.89 Å². The van der Waals surface area contributed by atoms with Crippen LogP contribution in [0.4, 0.5) is 0 Å². The molecule has 2 rings (SSSR count). The molecule has 3 N–H and O–H groups in total. The van der Waals surface area contributed by atoms with Gasteiger partial charge in [0, 0.05) is 18.0 Å². The fourth-order valence-corrected chi connectivity index (χ4v) is 1.61. The number of aryl methyl sites for hydroxylation is 1. The Morgan fingerprint density at radius 3 is 2.94 bits per heavy atom. The number of aromatic nitrogens is 3. The minimum Gasteiger partial charge on any atom is -0.391 e. The van der Waals surface area contributed by atoms with Crippen LogP contribution in [-0.2, 0) is 6.42 Å². The molecule has 0 amide bonds. The van der Waals surface area contributed by atoms with Crippen molar-refractivity contribution in [1.82, 2.24) is 15.1 Å². The molecule has 18 heavy (non-hydrogen) atoms. The highest BCUT2D eigenvalue weighted by molar-refractivity contribution is 5.58. The molecule has 6 nitrogen and oxygen atoms in total. The van der Waals surface area contributed by atoms with Crippen LogP contribution in [0.1, 0.15) is 31.3 Å². The van der Waals surface area contributed by atoms with E-state index in [1.54, 1.807) is 19.3 Å². The molecular formula is C12H16N4O2. The first-order valence-electron chi connectivity index (χ1n) is 5.84. The molecular weight excluding hydrogens is 232 g/mol. The van der Waals surface area contributed by atoms with Gasteiger partial charge >= 0.3 is 0 Å². The number of aliphatic hydroxyl groups excluding tert-OH is 1. The Morgan fingerprint density at radius 1 is 1.50 bits per heavy atom. The predicted octanol–water partition coefficient (Wildman–Crippen LogP) is 1.07. The molecule has 0 aliphatic carbocycles. The molecule has 0 aromatic carbocycles. The van der Waals surface area contributed by atoms with Gasteiger partial charge < -0.3 is 15.4 Å². The third-order valence-corrected chi connectivity index (χ3v) is 2.77. The van der Waals surface area contributed by atoms with E-state index >= 15 is 0 Å². The van der Waals surface area contributed by atoms with Gasteiger partial charge in [-0.15, -0.1) is 0 Å². The molecule has 2 aromatic heterocycles. The van der Waals surface area contributed by atoms with Crippen molar-refractivity contribution in [1.29, 1.82) is 0 Å². The Hall–Kier alpha value is -1.79. The monoisotopic (exact) mass is 248 g/mol. The molecule has 2 atom stereocenters. The van der Waals surface area contributed by atoms with E-state index in [0.29, 0.717) is 5.82 Å². The summed E-state index contributed by atoms with van der Waals surface area (Å²) in [5.74, 6) is 0.708. The quantitative estimate of drug-likeness (QED) is 0.840. The van der Waals surface area contributed by atoms with Gasteiger partial charge in [0.15, 0.2) is 0 Å². The number of nitrogens with two attached hydrogens (primary N) is 1. The third-order valence-electron chi connectivity index (χ3n) is 2.77. The Labute approximate surface area is 105 Å². The van der Waals surface area contributed by atoms with Crippen molar-refractivity contribution in [3.63, 3.8) is 0 Å². The van der Waals surface area contributed by atoms with Crippen molar-refractivity contribution in [2.75, 3.05) is 0 Å². The van der Waals surface area contributed by atoms with Crippen LogP contribution in [0.25, 0.3) is 11.4 Å². The number of aliphatic hydroxyl groups is 1. The molecule has 0 bridgehead atoms. The second kappa shape index (κ2) is 5.24. The highest BCUT2D eigenvalue weighted by Crippen LogP contribution is 2.22. The Balaban J connectivity index is 2.35. The normalized spacial score (nSPS) is 14.4. The maximum Gasteiger partial charge on any atom is 0.246 e. The topological polar surface area (TPSA) is 98.1 Å². The van der Waals surface area contributed by atoms with Gasteiger partial charge in [-0.2, -0.15) is 4.98 Å². The summed E-state index contributed by atoms with van der Waals surface area (Å²) < 4.78 is 5.08. The highest BCUT2D eigenvalue weighted by Gasteiger charge is 2.20. The zero-order valence-electron chi connectivity index (χ0n) is 10.4. The van der Waals surface area contributed by atoms with Gasteiger partial charge in [-0.05, 0) is 25.0 Å². The number of pyridine rings is 1. The second-order valence-corrected chi connectivity index (χ2v) is 4.11. The maximum absolute atomic E-state index is 9.39. The molecule has 2 aromatic rings. The van der Waals surface area contributed by atoms with Crippen LogP contribution in [0.15, 0.2) is 23.0 Å². The van der Waals surface area contributed by atoms with E-state index in [9.17, 15) is 5.11 Å². The summed E-state index contributed by atoms with van der Waals surface area (Å²) in [4.78, 5) is 8.28. The summed E-state index contributed by atoms with van der Waals surface area (Å²) in [5.41, 5.74) is 7.65. The van der Waals surface area contributed by atoms with Gasteiger partial charge in [0.1, 0.15) is 6.04 Å². The zero-order valence-corrected chi connectivity index (χ0v) is 10.4. The van der Waals surface area contributed by atoms with Gasteiger partial charge in [0.2, 0.25) is 11.7 Å². The maximum atomic E-state index is 9.39.